The molecule has 1 amide bonds. The Labute approximate surface area is 305 Å². The average Bonchev–Trinajstić information content (AvgIpc) is 3.66. The number of carbonyl (C=O) groups excluding carboxylic acids is 1. The Kier molecular flexibility index (Phi) is 8.15. The first-order valence-corrected chi connectivity index (χ1v) is 18.5. The van der Waals surface area contributed by atoms with Crippen LogP contribution < -0.4 is 9.64 Å². The summed E-state index contributed by atoms with van der Waals surface area (Å²) in [6.45, 7) is 5.68. The fourth-order valence-corrected chi connectivity index (χ4v) is 8.62. The highest BCUT2D eigenvalue weighted by atomic mass is 35.5. The number of pyridine rings is 1. The average molecular weight is 723 g/mol. The second kappa shape index (κ2) is 12.8. The van der Waals surface area contributed by atoms with Crippen molar-refractivity contribution in [3.8, 4) is 17.3 Å². The fourth-order valence-electron chi connectivity index (χ4n) is 8.33. The van der Waals surface area contributed by atoms with Gasteiger partial charge in [0.15, 0.2) is 11.6 Å². The molecule has 1 atom stereocenters. The summed E-state index contributed by atoms with van der Waals surface area (Å²) in [7, 11) is 1.92. The van der Waals surface area contributed by atoms with Crippen molar-refractivity contribution in [2.75, 3.05) is 44.7 Å². The van der Waals surface area contributed by atoms with Crippen LogP contribution in [0.2, 0.25) is 5.02 Å². The number of rotatable bonds is 9. The molecule has 5 aromatic rings. The lowest BCUT2D eigenvalue weighted by molar-refractivity contribution is -0.124. The molecule has 2 aromatic carbocycles. The number of likely N-dealkylation sites (tertiary alicyclic amines) is 1. The van der Waals surface area contributed by atoms with Crippen LogP contribution in [0.3, 0.4) is 0 Å². The number of nitrogens with zero attached hydrogens (tertiary/aromatic N) is 8. The summed E-state index contributed by atoms with van der Waals surface area (Å²) in [5.41, 5.74) is 0.816. The third-order valence-electron chi connectivity index (χ3n) is 11.7. The summed E-state index contributed by atoms with van der Waals surface area (Å²) in [4.78, 5) is 38.3. The van der Waals surface area contributed by atoms with Gasteiger partial charge in [-0.3, -0.25) is 14.7 Å². The van der Waals surface area contributed by atoms with Gasteiger partial charge in [-0.25, -0.2) is 4.39 Å². The number of carbonyl (C=O) groups is 1. The summed E-state index contributed by atoms with van der Waals surface area (Å²) in [5, 5.41) is 6.69. The van der Waals surface area contributed by atoms with Crippen LogP contribution in [-0.4, -0.2) is 92.2 Å². The van der Waals surface area contributed by atoms with Gasteiger partial charge in [-0.15, -0.1) is 0 Å². The number of likely N-dealkylation sites (N-methyl/N-ethyl adjacent to an activating group) is 1. The molecule has 13 heteroatoms. The molecule has 4 fully saturated rings. The van der Waals surface area contributed by atoms with Gasteiger partial charge in [0, 0.05) is 65.9 Å². The molecule has 1 aliphatic carbocycles. The lowest BCUT2D eigenvalue weighted by Crippen LogP contribution is -2.43. The molecule has 3 aromatic heterocycles. The summed E-state index contributed by atoms with van der Waals surface area (Å²) in [5.74, 6) is 0.796. The van der Waals surface area contributed by atoms with Crippen LogP contribution in [0.1, 0.15) is 63.6 Å². The topological polar surface area (TPSA) is 114 Å². The Hall–Kier alpha value is -4.68. The highest BCUT2D eigenvalue weighted by Crippen LogP contribution is 2.46. The van der Waals surface area contributed by atoms with Crippen molar-refractivity contribution in [1.29, 1.82) is 0 Å². The SMILES string of the molecule is CN(c1nc(OCC23CCCN2CCC3)nc2c(F)c(-c3cccc4cccc(Cl)c34)ncc12)C1CCN(C(=O)/C=C/c2nc(C3(C)CC3)no2)C1. The van der Waals surface area contributed by atoms with Crippen LogP contribution >= 0.6 is 11.6 Å². The second-order valence-electron chi connectivity index (χ2n) is 15.1. The molecule has 0 N–H and O–H groups in total. The van der Waals surface area contributed by atoms with Crippen molar-refractivity contribution in [3.63, 3.8) is 0 Å². The summed E-state index contributed by atoms with van der Waals surface area (Å²) in [6.07, 6.45) is 11.9. The smallest absolute Gasteiger partial charge is 0.319 e. The molecular weight excluding hydrogens is 683 g/mol. The quantitative estimate of drug-likeness (QED) is 0.150. The van der Waals surface area contributed by atoms with E-state index in [0.717, 1.165) is 62.4 Å². The molecule has 6 heterocycles. The van der Waals surface area contributed by atoms with Crippen molar-refractivity contribution in [3.05, 3.63) is 71.2 Å². The minimum atomic E-state index is -0.568. The van der Waals surface area contributed by atoms with E-state index in [-0.39, 0.29) is 40.1 Å². The third kappa shape index (κ3) is 5.76. The van der Waals surface area contributed by atoms with Crippen molar-refractivity contribution in [2.45, 2.75) is 68.9 Å². The van der Waals surface area contributed by atoms with Gasteiger partial charge in [-0.2, -0.15) is 15.0 Å². The third-order valence-corrected chi connectivity index (χ3v) is 12.1. The normalized spacial score (nSPS) is 20.7. The molecule has 4 aliphatic rings. The van der Waals surface area contributed by atoms with Crippen molar-refractivity contribution in [2.24, 2.45) is 0 Å². The first-order valence-electron chi connectivity index (χ1n) is 18.2. The van der Waals surface area contributed by atoms with E-state index in [2.05, 4.69) is 26.9 Å². The van der Waals surface area contributed by atoms with Gasteiger partial charge in [-0.1, -0.05) is 54.0 Å². The van der Waals surface area contributed by atoms with Crippen molar-refractivity contribution < 1.29 is 18.4 Å². The minimum Gasteiger partial charge on any atom is -0.461 e. The molecule has 0 radical (unpaired) electrons. The lowest BCUT2D eigenvalue weighted by Gasteiger charge is -2.31. The van der Waals surface area contributed by atoms with Gasteiger partial charge in [0.1, 0.15) is 23.6 Å². The molecule has 3 saturated heterocycles. The minimum absolute atomic E-state index is 0.0147. The van der Waals surface area contributed by atoms with E-state index in [1.54, 1.807) is 23.2 Å². The zero-order valence-corrected chi connectivity index (χ0v) is 30.1. The predicted molar refractivity (Wildman–Crippen MR) is 197 cm³/mol. The Balaban J connectivity index is 1.03. The van der Waals surface area contributed by atoms with Crippen LogP contribution in [0.5, 0.6) is 6.01 Å². The number of fused-ring (bicyclic) bond motifs is 3. The zero-order valence-electron chi connectivity index (χ0n) is 29.3. The Morgan fingerprint density at radius 2 is 1.88 bits per heavy atom. The number of anilines is 1. The van der Waals surface area contributed by atoms with Gasteiger partial charge in [0.05, 0.1) is 10.9 Å². The van der Waals surface area contributed by atoms with Crippen LogP contribution in [0.25, 0.3) is 39.0 Å². The molecule has 0 bridgehead atoms. The maximum Gasteiger partial charge on any atom is 0.319 e. The first kappa shape index (κ1) is 33.2. The van der Waals surface area contributed by atoms with Crippen LogP contribution in [-0.2, 0) is 10.2 Å². The van der Waals surface area contributed by atoms with Crippen molar-refractivity contribution in [1.82, 2.24) is 34.9 Å². The number of hydrogen-bond acceptors (Lipinski definition) is 10. The summed E-state index contributed by atoms with van der Waals surface area (Å²) in [6, 6.07) is 11.3. The van der Waals surface area contributed by atoms with E-state index in [1.807, 2.05) is 42.3 Å². The van der Waals surface area contributed by atoms with E-state index in [9.17, 15) is 4.79 Å². The number of hydrogen-bond donors (Lipinski definition) is 0. The fraction of sp³-hybridized carbons (Fsp3) is 0.436. The Bertz CT molecular complexity index is 2220. The highest BCUT2D eigenvalue weighted by molar-refractivity contribution is 6.36. The second-order valence-corrected chi connectivity index (χ2v) is 15.5. The van der Waals surface area contributed by atoms with Gasteiger partial charge < -0.3 is 19.1 Å². The molecule has 268 valence electrons. The molecule has 11 nitrogen and oxygen atoms in total. The first-order chi connectivity index (χ1) is 25.2. The van der Waals surface area contributed by atoms with E-state index in [0.29, 0.717) is 59.6 Å². The van der Waals surface area contributed by atoms with Gasteiger partial charge in [0.2, 0.25) is 5.91 Å². The van der Waals surface area contributed by atoms with E-state index >= 15 is 4.39 Å². The molecule has 1 unspecified atom stereocenters. The molecule has 1 saturated carbocycles. The number of ether oxygens (including phenoxy) is 1. The van der Waals surface area contributed by atoms with Crippen LogP contribution in [0.4, 0.5) is 10.2 Å². The predicted octanol–water partition coefficient (Wildman–Crippen LogP) is 6.83. The maximum absolute atomic E-state index is 16.9. The monoisotopic (exact) mass is 722 g/mol. The number of halogens is 2. The zero-order chi connectivity index (χ0) is 35.6. The molecular formula is C39H40ClFN8O3. The molecule has 52 heavy (non-hydrogen) atoms. The summed E-state index contributed by atoms with van der Waals surface area (Å²) < 4.78 is 28.7. The van der Waals surface area contributed by atoms with Gasteiger partial charge in [-0.05, 0) is 69.5 Å². The lowest BCUT2D eigenvalue weighted by atomic mass is 9.95. The number of benzene rings is 2. The van der Waals surface area contributed by atoms with Crippen molar-refractivity contribution >= 4 is 51.1 Å². The number of aromatic nitrogens is 5. The van der Waals surface area contributed by atoms with Crippen LogP contribution in [0, 0.1) is 5.82 Å². The van der Waals surface area contributed by atoms with Gasteiger partial charge >= 0.3 is 6.01 Å². The standard InChI is InChI=1S/C39H40ClFN8O3/c1-38(16-17-38)36-43-29(52-46-36)11-12-30(50)48-20-13-25(22-48)47(2)35-27-21-42-33(26-9-3-7-24-8-4-10-28(40)31(24)26)32(41)34(27)44-37(45-35)51-23-39-14-5-18-49(39)19-6-15-39/h3-4,7-12,21,25H,5-6,13-20,22-23H2,1-2H3/b12-11+. The Morgan fingerprint density at radius 3 is 2.67 bits per heavy atom. The van der Waals surface area contributed by atoms with E-state index in [4.69, 9.17) is 30.8 Å². The largest absolute Gasteiger partial charge is 0.461 e. The maximum atomic E-state index is 16.9. The van der Waals surface area contributed by atoms with Gasteiger partial charge in [0.25, 0.3) is 5.89 Å². The summed E-state index contributed by atoms with van der Waals surface area (Å²) >= 11 is 6.65. The molecule has 0 spiro atoms. The van der Waals surface area contributed by atoms with E-state index < -0.39 is 5.82 Å². The molecule has 9 rings (SSSR count). The number of amides is 1. The molecule has 3 aliphatic heterocycles. The highest BCUT2D eigenvalue weighted by Gasteiger charge is 2.45. The van der Waals surface area contributed by atoms with Crippen LogP contribution in [0.15, 0.2) is 53.2 Å². The Morgan fingerprint density at radius 1 is 1.10 bits per heavy atom. The van der Waals surface area contributed by atoms with E-state index in [1.165, 1.54) is 6.08 Å².